The van der Waals surface area contributed by atoms with Gasteiger partial charge in [-0.05, 0) is 42.5 Å². The van der Waals surface area contributed by atoms with Crippen LogP contribution < -0.4 is 5.73 Å². The first-order valence-electron chi connectivity index (χ1n) is 6.01. The van der Waals surface area contributed by atoms with Gasteiger partial charge in [0.05, 0.1) is 5.56 Å². The zero-order valence-corrected chi connectivity index (χ0v) is 11.0. The topological polar surface area (TPSA) is 26.0 Å². The highest BCUT2D eigenvalue weighted by molar-refractivity contribution is 5.85. The second kappa shape index (κ2) is 6.09. The number of halogens is 5. The van der Waals surface area contributed by atoms with Gasteiger partial charge in [0.25, 0.3) is 0 Å². The molecule has 2 rings (SSSR count). The number of benzene rings is 1. The standard InChI is InChI=1S/C13H15F4N.ClH/c14-11-6-9(5-10(7-11)13(15,16)17)12(18)8-3-1-2-4-8;/h5-8,12H,1-4,18H2;1H/t12-;/m0./s1. The molecular weight excluding hydrogens is 282 g/mol. The van der Waals surface area contributed by atoms with Gasteiger partial charge in [-0.25, -0.2) is 4.39 Å². The summed E-state index contributed by atoms with van der Waals surface area (Å²) >= 11 is 0. The van der Waals surface area contributed by atoms with Gasteiger partial charge in [-0.3, -0.25) is 0 Å². The van der Waals surface area contributed by atoms with E-state index < -0.39 is 23.6 Å². The Labute approximate surface area is 115 Å². The van der Waals surface area contributed by atoms with Gasteiger partial charge in [0.15, 0.2) is 0 Å². The molecule has 1 nitrogen and oxygen atoms in total. The van der Waals surface area contributed by atoms with Crippen molar-refractivity contribution in [3.8, 4) is 0 Å². The van der Waals surface area contributed by atoms with Crippen molar-refractivity contribution in [1.29, 1.82) is 0 Å². The Balaban J connectivity index is 0.00000180. The molecule has 1 saturated carbocycles. The zero-order valence-electron chi connectivity index (χ0n) is 10.2. The van der Waals surface area contributed by atoms with E-state index in [9.17, 15) is 17.6 Å². The normalized spacial score (nSPS) is 18.2. The Bertz CT molecular complexity index is 427. The highest BCUT2D eigenvalue weighted by atomic mass is 35.5. The van der Waals surface area contributed by atoms with Crippen LogP contribution in [0.15, 0.2) is 18.2 Å². The van der Waals surface area contributed by atoms with Gasteiger partial charge in [0, 0.05) is 6.04 Å². The SMILES string of the molecule is Cl.N[C@H](c1cc(F)cc(C(F)(F)F)c1)C1CCCC1. The zero-order chi connectivity index (χ0) is 13.3. The van der Waals surface area contributed by atoms with Crippen LogP contribution in [0.2, 0.25) is 0 Å². The molecule has 19 heavy (non-hydrogen) atoms. The van der Waals surface area contributed by atoms with E-state index in [1.54, 1.807) is 0 Å². The van der Waals surface area contributed by atoms with E-state index >= 15 is 0 Å². The molecule has 6 heteroatoms. The average Bonchev–Trinajstić information content (AvgIpc) is 2.79. The molecule has 1 atom stereocenters. The lowest BCUT2D eigenvalue weighted by Gasteiger charge is -2.20. The number of alkyl halides is 3. The second-order valence-electron chi connectivity index (χ2n) is 4.84. The summed E-state index contributed by atoms with van der Waals surface area (Å²) in [5.74, 6) is -0.721. The highest BCUT2D eigenvalue weighted by Gasteiger charge is 2.32. The smallest absolute Gasteiger partial charge is 0.324 e. The van der Waals surface area contributed by atoms with Gasteiger partial charge in [-0.1, -0.05) is 12.8 Å². The third kappa shape index (κ3) is 3.83. The van der Waals surface area contributed by atoms with Crippen LogP contribution in [0.1, 0.15) is 42.9 Å². The maximum Gasteiger partial charge on any atom is 0.416 e. The molecule has 0 aromatic heterocycles. The van der Waals surface area contributed by atoms with E-state index in [-0.39, 0.29) is 23.9 Å². The minimum absolute atomic E-state index is 0. The Morgan fingerprint density at radius 2 is 1.68 bits per heavy atom. The summed E-state index contributed by atoms with van der Waals surface area (Å²) in [4.78, 5) is 0. The monoisotopic (exact) mass is 297 g/mol. The minimum atomic E-state index is -4.54. The fourth-order valence-electron chi connectivity index (χ4n) is 2.56. The molecule has 0 spiro atoms. The van der Waals surface area contributed by atoms with E-state index in [1.807, 2.05) is 0 Å². The number of nitrogens with two attached hydrogens (primary N) is 1. The predicted molar refractivity (Wildman–Crippen MR) is 67.5 cm³/mol. The van der Waals surface area contributed by atoms with Gasteiger partial charge >= 0.3 is 6.18 Å². The van der Waals surface area contributed by atoms with Gasteiger partial charge < -0.3 is 5.73 Å². The average molecular weight is 298 g/mol. The van der Waals surface area contributed by atoms with Crippen molar-refractivity contribution in [2.75, 3.05) is 0 Å². The van der Waals surface area contributed by atoms with Crippen LogP contribution in [0.3, 0.4) is 0 Å². The van der Waals surface area contributed by atoms with Crippen LogP contribution in [-0.2, 0) is 6.18 Å². The summed E-state index contributed by atoms with van der Waals surface area (Å²) in [6.07, 6.45) is -0.649. The molecule has 1 fully saturated rings. The third-order valence-corrected chi connectivity index (χ3v) is 3.54. The van der Waals surface area contributed by atoms with E-state index in [4.69, 9.17) is 5.73 Å². The second-order valence-corrected chi connectivity index (χ2v) is 4.84. The van der Waals surface area contributed by atoms with E-state index in [0.29, 0.717) is 6.07 Å². The summed E-state index contributed by atoms with van der Waals surface area (Å²) in [5.41, 5.74) is 5.23. The molecule has 1 aliphatic carbocycles. The fourth-order valence-corrected chi connectivity index (χ4v) is 2.56. The van der Waals surface area contributed by atoms with Crippen molar-refractivity contribution in [1.82, 2.24) is 0 Å². The molecule has 0 amide bonds. The summed E-state index contributed by atoms with van der Waals surface area (Å²) in [7, 11) is 0. The molecule has 108 valence electrons. The maximum atomic E-state index is 13.2. The van der Waals surface area contributed by atoms with Crippen LogP contribution in [0, 0.1) is 11.7 Å². The molecular formula is C13H16ClF4N. The number of hydrogen-bond donors (Lipinski definition) is 1. The van der Waals surface area contributed by atoms with E-state index in [0.717, 1.165) is 37.8 Å². The first kappa shape index (κ1) is 16.2. The van der Waals surface area contributed by atoms with Crippen LogP contribution in [0.4, 0.5) is 17.6 Å². The first-order chi connectivity index (χ1) is 8.38. The summed E-state index contributed by atoms with van der Waals surface area (Å²) in [5, 5.41) is 0. The molecule has 0 heterocycles. The van der Waals surface area contributed by atoms with Crippen LogP contribution in [-0.4, -0.2) is 0 Å². The first-order valence-corrected chi connectivity index (χ1v) is 6.01. The molecule has 1 aromatic carbocycles. The van der Waals surface area contributed by atoms with Crippen molar-refractivity contribution >= 4 is 12.4 Å². The summed E-state index contributed by atoms with van der Waals surface area (Å²) in [6.45, 7) is 0. The van der Waals surface area contributed by atoms with Crippen molar-refractivity contribution in [3.63, 3.8) is 0 Å². The molecule has 0 aliphatic heterocycles. The number of rotatable bonds is 2. The molecule has 1 aromatic rings. The molecule has 0 bridgehead atoms. The molecule has 1 aliphatic rings. The van der Waals surface area contributed by atoms with Crippen LogP contribution in [0.5, 0.6) is 0 Å². The van der Waals surface area contributed by atoms with Crippen molar-refractivity contribution in [3.05, 3.63) is 35.1 Å². The van der Waals surface area contributed by atoms with Gasteiger partial charge in [0.2, 0.25) is 0 Å². The fraction of sp³-hybridized carbons (Fsp3) is 0.538. The lowest BCUT2D eigenvalue weighted by Crippen LogP contribution is -2.20. The largest absolute Gasteiger partial charge is 0.416 e. The van der Waals surface area contributed by atoms with Crippen LogP contribution >= 0.6 is 12.4 Å². The third-order valence-electron chi connectivity index (χ3n) is 3.54. The van der Waals surface area contributed by atoms with E-state index in [2.05, 4.69) is 0 Å². The Morgan fingerprint density at radius 1 is 1.11 bits per heavy atom. The number of hydrogen-bond acceptors (Lipinski definition) is 1. The summed E-state index contributed by atoms with van der Waals surface area (Å²) in [6, 6.07) is 2.07. The van der Waals surface area contributed by atoms with Gasteiger partial charge in [-0.15, -0.1) is 12.4 Å². The molecule has 0 radical (unpaired) electrons. The molecule has 0 saturated heterocycles. The summed E-state index contributed by atoms with van der Waals surface area (Å²) < 4.78 is 51.0. The van der Waals surface area contributed by atoms with Crippen molar-refractivity contribution in [2.45, 2.75) is 37.9 Å². The van der Waals surface area contributed by atoms with Crippen LogP contribution in [0.25, 0.3) is 0 Å². The lowest BCUT2D eigenvalue weighted by molar-refractivity contribution is -0.137. The van der Waals surface area contributed by atoms with Gasteiger partial charge in [-0.2, -0.15) is 13.2 Å². The quantitative estimate of drug-likeness (QED) is 0.802. The highest BCUT2D eigenvalue weighted by Crippen LogP contribution is 2.37. The Morgan fingerprint density at radius 3 is 2.21 bits per heavy atom. The van der Waals surface area contributed by atoms with Gasteiger partial charge in [0.1, 0.15) is 5.82 Å². The predicted octanol–water partition coefficient (Wildman–Crippen LogP) is 4.46. The maximum absolute atomic E-state index is 13.2. The lowest BCUT2D eigenvalue weighted by atomic mass is 9.91. The Kier molecular flexibility index (Phi) is 5.21. The minimum Gasteiger partial charge on any atom is -0.324 e. The molecule has 0 unspecified atom stereocenters. The van der Waals surface area contributed by atoms with Crippen molar-refractivity contribution in [2.24, 2.45) is 11.7 Å². The van der Waals surface area contributed by atoms with Crippen molar-refractivity contribution < 1.29 is 17.6 Å². The molecule has 2 N–H and O–H groups in total. The van der Waals surface area contributed by atoms with E-state index in [1.165, 1.54) is 0 Å². The Hall–Kier alpha value is -0.810.